The lowest BCUT2D eigenvalue weighted by Gasteiger charge is -2.16. The molecule has 1 saturated heterocycles. The summed E-state index contributed by atoms with van der Waals surface area (Å²) in [5, 5.41) is 14.8. The van der Waals surface area contributed by atoms with Gasteiger partial charge in [-0.15, -0.1) is 18.3 Å². The summed E-state index contributed by atoms with van der Waals surface area (Å²) < 4.78 is 42.2. The van der Waals surface area contributed by atoms with Gasteiger partial charge in [-0.2, -0.15) is 4.68 Å². The molecule has 4 rings (SSSR count). The number of tetrazole rings is 1. The molecular weight excluding hydrogens is 457 g/mol. The molecule has 1 atom stereocenters. The second kappa shape index (κ2) is 10.2. The van der Waals surface area contributed by atoms with Crippen molar-refractivity contribution in [3.05, 3.63) is 60.2 Å². The number of carbonyl (C=O) groups is 1. The maximum absolute atomic E-state index is 12.4. The zero-order chi connectivity index (χ0) is 23.3. The zero-order valence-corrected chi connectivity index (χ0v) is 18.2. The van der Waals surface area contributed by atoms with E-state index in [9.17, 15) is 18.0 Å². The van der Waals surface area contributed by atoms with E-state index in [4.69, 9.17) is 0 Å². The van der Waals surface area contributed by atoms with Gasteiger partial charge in [-0.1, -0.05) is 42.1 Å². The first-order valence-electron chi connectivity index (χ1n) is 10.2. The van der Waals surface area contributed by atoms with E-state index in [1.165, 1.54) is 34.5 Å². The number of benzene rings is 2. The Labute approximate surface area is 192 Å². The minimum atomic E-state index is -4.76. The molecule has 1 amide bonds. The molecule has 0 radical (unpaired) electrons. The van der Waals surface area contributed by atoms with Gasteiger partial charge in [0.05, 0.1) is 11.4 Å². The third kappa shape index (κ3) is 6.68. The first-order chi connectivity index (χ1) is 15.9. The highest BCUT2D eigenvalue weighted by Crippen LogP contribution is 2.25. The Bertz CT molecular complexity index is 1060. The number of nitrogens with one attached hydrogen (secondary N) is 1. The summed E-state index contributed by atoms with van der Waals surface area (Å²) in [4.78, 5) is 14.7. The zero-order valence-electron chi connectivity index (χ0n) is 17.4. The van der Waals surface area contributed by atoms with Crippen molar-refractivity contribution < 1.29 is 22.7 Å². The van der Waals surface area contributed by atoms with Crippen LogP contribution in [0, 0.1) is 0 Å². The number of hydrogen-bond acceptors (Lipinski definition) is 7. The van der Waals surface area contributed by atoms with E-state index >= 15 is 0 Å². The molecule has 1 aromatic heterocycles. The van der Waals surface area contributed by atoms with Gasteiger partial charge >= 0.3 is 6.36 Å². The van der Waals surface area contributed by atoms with E-state index in [0.29, 0.717) is 10.8 Å². The second-order valence-corrected chi connectivity index (χ2v) is 8.42. The lowest BCUT2D eigenvalue weighted by Crippen LogP contribution is -2.38. The van der Waals surface area contributed by atoms with Gasteiger partial charge in [-0.05, 0) is 46.7 Å². The van der Waals surface area contributed by atoms with Crippen LogP contribution < -0.4 is 10.1 Å². The third-order valence-electron chi connectivity index (χ3n) is 4.97. The molecule has 1 N–H and O–H groups in total. The van der Waals surface area contributed by atoms with Gasteiger partial charge in [-0.25, -0.2) is 0 Å². The van der Waals surface area contributed by atoms with Crippen LogP contribution >= 0.6 is 11.8 Å². The van der Waals surface area contributed by atoms with Gasteiger partial charge in [0.15, 0.2) is 0 Å². The maximum Gasteiger partial charge on any atom is 0.573 e. The average molecular weight is 479 g/mol. The van der Waals surface area contributed by atoms with Crippen LogP contribution in [0.5, 0.6) is 5.75 Å². The van der Waals surface area contributed by atoms with Crippen molar-refractivity contribution >= 4 is 17.7 Å². The van der Waals surface area contributed by atoms with Gasteiger partial charge in [-0.3, -0.25) is 9.69 Å². The summed E-state index contributed by atoms with van der Waals surface area (Å²) >= 11 is 1.15. The molecule has 2 heterocycles. The normalized spacial score (nSPS) is 16.6. The summed E-state index contributed by atoms with van der Waals surface area (Å²) in [6.45, 7) is 2.55. The third-order valence-corrected chi connectivity index (χ3v) is 5.89. The van der Waals surface area contributed by atoms with Gasteiger partial charge in [0, 0.05) is 25.7 Å². The summed E-state index contributed by atoms with van der Waals surface area (Å²) in [5.74, 6) is -0.356. The molecule has 2 aromatic carbocycles. The monoisotopic (exact) mass is 478 g/mol. The lowest BCUT2D eigenvalue weighted by atomic mass is 10.2. The summed E-state index contributed by atoms with van der Waals surface area (Å²) in [5.41, 5.74) is 1.69. The minimum Gasteiger partial charge on any atom is -0.406 e. The number of carbonyl (C=O) groups excluding carboxylic acids is 1. The highest BCUT2D eigenvalue weighted by Gasteiger charge is 2.31. The molecular formula is C21H21F3N6O2S. The summed E-state index contributed by atoms with van der Waals surface area (Å²) in [6, 6.07) is 15.4. The Morgan fingerprint density at radius 3 is 2.64 bits per heavy atom. The van der Waals surface area contributed by atoms with Crippen molar-refractivity contribution in [1.29, 1.82) is 0 Å². The molecule has 0 aliphatic carbocycles. The number of thioether (sulfide) groups is 1. The smallest absolute Gasteiger partial charge is 0.406 e. The molecule has 0 spiro atoms. The topological polar surface area (TPSA) is 85.2 Å². The van der Waals surface area contributed by atoms with Gasteiger partial charge in [0.1, 0.15) is 5.75 Å². The molecule has 33 heavy (non-hydrogen) atoms. The van der Waals surface area contributed by atoms with Crippen LogP contribution in [0.15, 0.2) is 59.8 Å². The van der Waals surface area contributed by atoms with Crippen molar-refractivity contribution in [3.8, 4) is 11.4 Å². The van der Waals surface area contributed by atoms with Crippen LogP contribution in [-0.4, -0.2) is 62.3 Å². The number of ether oxygens (including phenoxy) is 1. The molecule has 0 saturated carbocycles. The van der Waals surface area contributed by atoms with Gasteiger partial charge in [0.2, 0.25) is 11.1 Å². The van der Waals surface area contributed by atoms with Gasteiger partial charge in [0.25, 0.3) is 0 Å². The van der Waals surface area contributed by atoms with E-state index in [0.717, 1.165) is 37.8 Å². The lowest BCUT2D eigenvalue weighted by molar-refractivity contribution is -0.274. The van der Waals surface area contributed by atoms with Crippen molar-refractivity contribution in [2.24, 2.45) is 0 Å². The number of halogens is 3. The average Bonchev–Trinajstić information content (AvgIpc) is 3.42. The number of rotatable bonds is 8. The molecule has 3 aromatic rings. The first-order valence-corrected chi connectivity index (χ1v) is 11.2. The van der Waals surface area contributed by atoms with Crippen molar-refractivity contribution in [2.75, 3.05) is 18.8 Å². The molecule has 174 valence electrons. The molecule has 1 aliphatic heterocycles. The Hall–Kier alpha value is -3.12. The van der Waals surface area contributed by atoms with Crippen LogP contribution in [0.2, 0.25) is 0 Å². The van der Waals surface area contributed by atoms with E-state index < -0.39 is 6.36 Å². The number of amides is 1. The number of nitrogens with zero attached hydrogens (tertiary/aromatic N) is 5. The molecule has 8 nitrogen and oxygen atoms in total. The van der Waals surface area contributed by atoms with Crippen molar-refractivity contribution in [2.45, 2.75) is 30.5 Å². The van der Waals surface area contributed by atoms with Crippen LogP contribution in [0.3, 0.4) is 0 Å². The number of hydrogen-bond donors (Lipinski definition) is 1. The molecule has 1 aliphatic rings. The minimum absolute atomic E-state index is 0.0824. The van der Waals surface area contributed by atoms with Crippen molar-refractivity contribution in [1.82, 2.24) is 30.4 Å². The molecule has 0 bridgehead atoms. The van der Waals surface area contributed by atoms with Crippen LogP contribution in [-0.2, 0) is 11.3 Å². The molecule has 1 fully saturated rings. The Kier molecular flexibility index (Phi) is 7.14. The van der Waals surface area contributed by atoms with E-state index in [2.05, 4.69) is 42.6 Å². The van der Waals surface area contributed by atoms with Crippen LogP contribution in [0.1, 0.15) is 12.0 Å². The fraction of sp³-hybridized carbons (Fsp3) is 0.333. The highest BCUT2D eigenvalue weighted by molar-refractivity contribution is 7.99. The quantitative estimate of drug-likeness (QED) is 0.498. The molecule has 12 heteroatoms. The SMILES string of the molecule is O=C(CSc1nnnn1-c1ccc(OC(F)(F)F)cc1)NC1CCN(Cc2ccccc2)C1. The Morgan fingerprint density at radius 2 is 1.91 bits per heavy atom. The first kappa shape index (κ1) is 23.1. The van der Waals surface area contributed by atoms with Crippen LogP contribution in [0.25, 0.3) is 5.69 Å². The standard InChI is InChI=1S/C21H21F3N6O2S/c22-21(23,24)32-18-8-6-17(7-9-18)30-20(26-27-28-30)33-14-19(31)25-16-10-11-29(13-16)12-15-4-2-1-3-5-15/h1-9,16H,10-14H2,(H,25,31). The fourth-order valence-corrected chi connectivity index (χ4v) is 4.26. The van der Waals surface area contributed by atoms with Crippen LogP contribution in [0.4, 0.5) is 13.2 Å². The number of likely N-dealkylation sites (tertiary alicyclic amines) is 1. The van der Waals surface area contributed by atoms with Crippen molar-refractivity contribution in [3.63, 3.8) is 0 Å². The Morgan fingerprint density at radius 1 is 1.15 bits per heavy atom. The highest BCUT2D eigenvalue weighted by atomic mass is 32.2. The summed E-state index contributed by atoms with van der Waals surface area (Å²) in [6.07, 6.45) is -3.88. The van der Waals surface area contributed by atoms with E-state index in [1.54, 1.807) is 0 Å². The van der Waals surface area contributed by atoms with Gasteiger partial charge < -0.3 is 10.1 Å². The Balaban J connectivity index is 1.26. The second-order valence-electron chi connectivity index (χ2n) is 7.48. The van der Waals surface area contributed by atoms with E-state index in [1.807, 2.05) is 18.2 Å². The number of alkyl halides is 3. The fourth-order valence-electron chi connectivity index (χ4n) is 3.56. The maximum atomic E-state index is 12.4. The largest absolute Gasteiger partial charge is 0.573 e. The molecule has 1 unspecified atom stereocenters. The summed E-state index contributed by atoms with van der Waals surface area (Å²) in [7, 11) is 0. The predicted octanol–water partition coefficient (Wildman–Crippen LogP) is 3.04. The van der Waals surface area contributed by atoms with E-state index in [-0.39, 0.29) is 23.5 Å². The predicted molar refractivity (Wildman–Crippen MR) is 115 cm³/mol. The number of aromatic nitrogens is 4.